The molecule has 0 bridgehead atoms. The van der Waals surface area contributed by atoms with Gasteiger partial charge in [-0.3, -0.25) is 4.90 Å². The second-order valence-electron chi connectivity index (χ2n) is 9.87. The van der Waals surface area contributed by atoms with Gasteiger partial charge in [-0.1, -0.05) is 61.9 Å². The van der Waals surface area contributed by atoms with Crippen LogP contribution in [-0.4, -0.2) is 38.2 Å². The van der Waals surface area contributed by atoms with Gasteiger partial charge in [-0.25, -0.2) is 4.68 Å². The topological polar surface area (TPSA) is 46.8 Å². The minimum absolute atomic E-state index is 0.172. The van der Waals surface area contributed by atoms with E-state index in [-0.39, 0.29) is 6.04 Å². The Kier molecular flexibility index (Phi) is 5.42. The number of tetrazole rings is 1. The Labute approximate surface area is 174 Å². The summed E-state index contributed by atoms with van der Waals surface area (Å²) >= 11 is 0. The van der Waals surface area contributed by atoms with E-state index in [1.807, 2.05) is 0 Å². The molecule has 5 heteroatoms. The molecule has 2 aliphatic carbocycles. The van der Waals surface area contributed by atoms with Crippen molar-refractivity contribution in [3.05, 3.63) is 41.2 Å². The van der Waals surface area contributed by atoms with Crippen LogP contribution in [0.25, 0.3) is 0 Å². The fourth-order valence-corrected chi connectivity index (χ4v) is 6.24. The zero-order valence-electron chi connectivity index (χ0n) is 17.9. The maximum absolute atomic E-state index is 4.63. The second-order valence-corrected chi connectivity index (χ2v) is 9.87. The van der Waals surface area contributed by atoms with Gasteiger partial charge in [-0.15, -0.1) is 5.10 Å². The number of nitrogens with zero attached hydrogens (tertiary/aromatic N) is 5. The van der Waals surface area contributed by atoms with Crippen molar-refractivity contribution in [3.63, 3.8) is 0 Å². The average Bonchev–Trinajstić information content (AvgIpc) is 3.42. The summed E-state index contributed by atoms with van der Waals surface area (Å²) in [6, 6.07) is 9.73. The van der Waals surface area contributed by atoms with Crippen LogP contribution in [0.2, 0.25) is 0 Å². The van der Waals surface area contributed by atoms with Gasteiger partial charge < -0.3 is 0 Å². The van der Waals surface area contributed by atoms with Crippen molar-refractivity contribution in [1.29, 1.82) is 0 Å². The summed E-state index contributed by atoms with van der Waals surface area (Å²) in [6.45, 7) is 4.51. The molecule has 156 valence electrons. The molecule has 2 heterocycles. The number of hydrogen-bond acceptors (Lipinski definition) is 4. The molecule has 2 saturated carbocycles. The molecule has 5 rings (SSSR count). The first-order valence-electron chi connectivity index (χ1n) is 11.8. The predicted molar refractivity (Wildman–Crippen MR) is 115 cm³/mol. The molecule has 1 spiro atoms. The van der Waals surface area contributed by atoms with Crippen molar-refractivity contribution in [2.24, 2.45) is 5.41 Å². The Morgan fingerprint density at radius 3 is 2.41 bits per heavy atom. The fourth-order valence-electron chi connectivity index (χ4n) is 6.24. The van der Waals surface area contributed by atoms with Crippen LogP contribution in [0.3, 0.4) is 0 Å². The van der Waals surface area contributed by atoms with Gasteiger partial charge in [0, 0.05) is 6.54 Å². The van der Waals surface area contributed by atoms with Crippen LogP contribution >= 0.6 is 0 Å². The summed E-state index contributed by atoms with van der Waals surface area (Å²) < 4.78 is 2.18. The lowest BCUT2D eigenvalue weighted by Gasteiger charge is -2.47. The van der Waals surface area contributed by atoms with Crippen molar-refractivity contribution < 1.29 is 0 Å². The molecule has 0 radical (unpaired) electrons. The number of likely N-dealkylation sites (tertiary alicyclic amines) is 1. The molecule has 29 heavy (non-hydrogen) atoms. The molecule has 1 saturated heterocycles. The SMILES string of the molecule is Cc1ccc([C@@H](c2nnnn2C2CCCC2)N2CCCC3(CCCCC3)C2)cc1. The van der Waals surface area contributed by atoms with Gasteiger partial charge in [-0.05, 0) is 73.4 Å². The van der Waals surface area contributed by atoms with Crippen LogP contribution in [0, 0.1) is 12.3 Å². The number of piperidine rings is 1. The Balaban J connectivity index is 1.51. The lowest BCUT2D eigenvalue weighted by Crippen LogP contribution is -2.46. The van der Waals surface area contributed by atoms with Gasteiger partial charge in [0.25, 0.3) is 0 Å². The molecule has 0 unspecified atom stereocenters. The standard InChI is InChI=1S/C24H35N5/c1-19-10-12-20(13-11-19)22(23-25-26-27-29(23)21-8-3-4-9-21)28-17-7-16-24(18-28)14-5-2-6-15-24/h10-13,21-22H,2-9,14-18H2,1H3/t22-/m0/s1. The summed E-state index contributed by atoms with van der Waals surface area (Å²) in [4.78, 5) is 2.72. The summed E-state index contributed by atoms with van der Waals surface area (Å²) in [6.07, 6.45) is 14.7. The summed E-state index contributed by atoms with van der Waals surface area (Å²) in [5.74, 6) is 1.06. The molecule has 3 fully saturated rings. The van der Waals surface area contributed by atoms with Crippen LogP contribution in [-0.2, 0) is 0 Å². The van der Waals surface area contributed by atoms with E-state index in [4.69, 9.17) is 0 Å². The van der Waals surface area contributed by atoms with E-state index in [2.05, 4.69) is 56.3 Å². The zero-order valence-corrected chi connectivity index (χ0v) is 17.9. The van der Waals surface area contributed by atoms with Gasteiger partial charge >= 0.3 is 0 Å². The third-order valence-corrected chi connectivity index (χ3v) is 7.80. The predicted octanol–water partition coefficient (Wildman–Crippen LogP) is 5.23. The number of hydrogen-bond donors (Lipinski definition) is 0. The quantitative estimate of drug-likeness (QED) is 0.713. The van der Waals surface area contributed by atoms with E-state index in [1.165, 1.54) is 88.3 Å². The minimum Gasteiger partial charge on any atom is -0.289 e. The first-order chi connectivity index (χ1) is 14.2. The van der Waals surface area contributed by atoms with Gasteiger partial charge in [0.15, 0.2) is 5.82 Å². The summed E-state index contributed by atoms with van der Waals surface area (Å²) in [5.41, 5.74) is 3.17. The maximum atomic E-state index is 4.63. The minimum atomic E-state index is 0.172. The van der Waals surface area contributed by atoms with Crippen LogP contribution in [0.15, 0.2) is 24.3 Å². The Hall–Kier alpha value is -1.75. The third kappa shape index (κ3) is 3.86. The Bertz CT molecular complexity index is 793. The van der Waals surface area contributed by atoms with Crippen molar-refractivity contribution >= 4 is 0 Å². The molecule has 1 atom stereocenters. The summed E-state index contributed by atoms with van der Waals surface area (Å²) in [5, 5.41) is 13.3. The van der Waals surface area contributed by atoms with E-state index in [1.54, 1.807) is 0 Å². The highest BCUT2D eigenvalue weighted by Crippen LogP contribution is 2.46. The van der Waals surface area contributed by atoms with E-state index >= 15 is 0 Å². The van der Waals surface area contributed by atoms with Crippen LogP contribution in [0.1, 0.15) is 99.7 Å². The third-order valence-electron chi connectivity index (χ3n) is 7.80. The average molecular weight is 394 g/mol. The highest BCUT2D eigenvalue weighted by atomic mass is 15.6. The van der Waals surface area contributed by atoms with E-state index < -0.39 is 0 Å². The molecule has 1 aromatic heterocycles. The molecular weight excluding hydrogens is 358 g/mol. The van der Waals surface area contributed by atoms with E-state index in [0.29, 0.717) is 11.5 Å². The van der Waals surface area contributed by atoms with Gasteiger partial charge in [0.05, 0.1) is 12.1 Å². The number of aryl methyl sites for hydroxylation is 1. The van der Waals surface area contributed by atoms with Crippen LogP contribution < -0.4 is 0 Å². The van der Waals surface area contributed by atoms with Crippen molar-refractivity contribution in [1.82, 2.24) is 25.1 Å². The molecule has 2 aromatic rings. The first-order valence-corrected chi connectivity index (χ1v) is 11.8. The molecule has 1 aromatic carbocycles. The maximum Gasteiger partial charge on any atom is 0.173 e. The largest absolute Gasteiger partial charge is 0.289 e. The first kappa shape index (κ1) is 19.2. The van der Waals surface area contributed by atoms with Gasteiger partial charge in [-0.2, -0.15) is 0 Å². The molecule has 1 aliphatic heterocycles. The van der Waals surface area contributed by atoms with E-state index in [9.17, 15) is 0 Å². The second kappa shape index (κ2) is 8.17. The molecular formula is C24H35N5. The number of aromatic nitrogens is 4. The molecule has 0 N–H and O–H groups in total. The molecule has 3 aliphatic rings. The van der Waals surface area contributed by atoms with Gasteiger partial charge in [0.1, 0.15) is 0 Å². The summed E-state index contributed by atoms with van der Waals surface area (Å²) in [7, 11) is 0. The number of benzene rings is 1. The Morgan fingerprint density at radius 1 is 0.931 bits per heavy atom. The van der Waals surface area contributed by atoms with Crippen molar-refractivity contribution in [2.45, 2.75) is 89.6 Å². The lowest BCUT2D eigenvalue weighted by atomic mass is 9.69. The lowest BCUT2D eigenvalue weighted by molar-refractivity contribution is 0.0338. The van der Waals surface area contributed by atoms with Crippen molar-refractivity contribution in [2.75, 3.05) is 13.1 Å². The smallest absolute Gasteiger partial charge is 0.173 e. The van der Waals surface area contributed by atoms with Crippen molar-refractivity contribution in [3.8, 4) is 0 Å². The zero-order chi connectivity index (χ0) is 19.7. The molecule has 5 nitrogen and oxygen atoms in total. The number of rotatable bonds is 4. The normalized spacial score (nSPS) is 24.2. The highest BCUT2D eigenvalue weighted by molar-refractivity contribution is 5.28. The monoisotopic (exact) mass is 393 g/mol. The highest BCUT2D eigenvalue weighted by Gasteiger charge is 2.40. The fraction of sp³-hybridized carbons (Fsp3) is 0.708. The van der Waals surface area contributed by atoms with Crippen LogP contribution in [0.5, 0.6) is 0 Å². The van der Waals surface area contributed by atoms with Crippen LogP contribution in [0.4, 0.5) is 0 Å². The van der Waals surface area contributed by atoms with Gasteiger partial charge in [0.2, 0.25) is 0 Å². The van der Waals surface area contributed by atoms with E-state index in [0.717, 1.165) is 12.4 Å². The Morgan fingerprint density at radius 2 is 1.66 bits per heavy atom. The molecule has 0 amide bonds.